The van der Waals surface area contributed by atoms with Gasteiger partial charge in [-0.25, -0.2) is 18.3 Å². The van der Waals surface area contributed by atoms with Gasteiger partial charge in [0.15, 0.2) is 5.52 Å². The van der Waals surface area contributed by atoms with Crippen molar-refractivity contribution in [1.29, 1.82) is 0 Å². The van der Waals surface area contributed by atoms with Gasteiger partial charge in [-0.15, -0.1) is 0 Å². The van der Waals surface area contributed by atoms with Crippen molar-refractivity contribution in [1.82, 2.24) is 24.5 Å². The number of halogens is 2. The number of hydrogen-bond acceptors (Lipinski definition) is 5. The summed E-state index contributed by atoms with van der Waals surface area (Å²) in [7, 11) is 0. The van der Waals surface area contributed by atoms with Crippen LogP contribution in [0.4, 0.5) is 8.78 Å². The number of H-pyrrole nitrogens is 1. The van der Waals surface area contributed by atoms with Gasteiger partial charge >= 0.3 is 0 Å². The number of rotatable bonds is 4. The highest BCUT2D eigenvalue weighted by atomic mass is 19.1. The fourth-order valence-electron chi connectivity index (χ4n) is 4.85. The molecule has 9 heteroatoms. The van der Waals surface area contributed by atoms with Crippen molar-refractivity contribution in [2.24, 2.45) is 5.92 Å². The average molecular weight is 429 g/mol. The molecule has 0 saturated carbocycles. The van der Waals surface area contributed by atoms with Crippen molar-refractivity contribution in [2.75, 3.05) is 26.3 Å². The Hall–Kier alpha value is -2.65. The molecular weight excluding hydrogens is 404 g/mol. The van der Waals surface area contributed by atoms with E-state index in [1.807, 2.05) is 0 Å². The maximum atomic E-state index is 13.5. The number of nitrogens with zero attached hydrogens (tertiary/aromatic N) is 4. The van der Waals surface area contributed by atoms with Gasteiger partial charge in [0.2, 0.25) is 0 Å². The van der Waals surface area contributed by atoms with E-state index >= 15 is 0 Å². The summed E-state index contributed by atoms with van der Waals surface area (Å²) in [5.41, 5.74) is 0.843. The lowest BCUT2D eigenvalue weighted by atomic mass is 9.97. The second-order valence-electron chi connectivity index (χ2n) is 8.70. The van der Waals surface area contributed by atoms with Crippen molar-refractivity contribution in [3.63, 3.8) is 0 Å². The predicted octanol–water partition coefficient (Wildman–Crippen LogP) is 2.83. The average Bonchev–Trinajstić information content (AvgIpc) is 3.31. The minimum absolute atomic E-state index is 0.0143. The molecule has 2 atom stereocenters. The molecule has 3 aromatic rings. The number of imidazole rings is 1. The fourth-order valence-corrected chi connectivity index (χ4v) is 4.85. The van der Waals surface area contributed by atoms with E-state index in [9.17, 15) is 13.6 Å². The molecule has 2 unspecified atom stereocenters. The number of aromatic amines is 1. The zero-order valence-corrected chi connectivity index (χ0v) is 17.4. The van der Waals surface area contributed by atoms with Crippen LogP contribution in [0.15, 0.2) is 29.2 Å². The van der Waals surface area contributed by atoms with E-state index in [0.29, 0.717) is 43.2 Å². The fraction of sp³-hybridized carbons (Fsp3) is 0.500. The largest absolute Gasteiger partial charge is 0.381 e. The van der Waals surface area contributed by atoms with E-state index in [0.717, 1.165) is 31.3 Å². The van der Waals surface area contributed by atoms with E-state index in [1.165, 1.54) is 12.1 Å². The van der Waals surface area contributed by atoms with E-state index in [2.05, 4.69) is 21.8 Å². The molecule has 2 fully saturated rings. The Bertz CT molecular complexity index is 1130. The zero-order chi connectivity index (χ0) is 21.5. The molecule has 31 heavy (non-hydrogen) atoms. The van der Waals surface area contributed by atoms with Crippen molar-refractivity contribution < 1.29 is 13.5 Å². The molecule has 2 aliphatic heterocycles. The van der Waals surface area contributed by atoms with Crippen LogP contribution in [0.1, 0.15) is 48.8 Å². The van der Waals surface area contributed by atoms with Gasteiger partial charge in [0.25, 0.3) is 5.56 Å². The van der Waals surface area contributed by atoms with Crippen molar-refractivity contribution in [3.8, 4) is 0 Å². The Morgan fingerprint density at radius 2 is 1.90 bits per heavy atom. The normalized spacial score (nSPS) is 23.1. The molecule has 2 aromatic heterocycles. The van der Waals surface area contributed by atoms with Crippen LogP contribution in [0.25, 0.3) is 5.52 Å². The van der Waals surface area contributed by atoms with Gasteiger partial charge in [0.1, 0.15) is 23.3 Å². The lowest BCUT2D eigenvalue weighted by Gasteiger charge is -2.21. The summed E-state index contributed by atoms with van der Waals surface area (Å²) in [6.07, 6.45) is 3.31. The van der Waals surface area contributed by atoms with Crippen LogP contribution in [0.5, 0.6) is 0 Å². The van der Waals surface area contributed by atoms with Gasteiger partial charge in [-0.2, -0.15) is 5.10 Å². The zero-order valence-electron chi connectivity index (χ0n) is 17.4. The summed E-state index contributed by atoms with van der Waals surface area (Å²) in [5.74, 6) is 0.757. The lowest BCUT2D eigenvalue weighted by Crippen LogP contribution is -2.24. The molecule has 4 heterocycles. The summed E-state index contributed by atoms with van der Waals surface area (Å²) in [6, 6.07) is 3.60. The highest BCUT2D eigenvalue weighted by Crippen LogP contribution is 2.32. The first-order valence-electron chi connectivity index (χ1n) is 10.7. The Morgan fingerprint density at radius 1 is 1.16 bits per heavy atom. The first kappa shape index (κ1) is 20.3. The first-order valence-corrected chi connectivity index (χ1v) is 10.7. The Balaban J connectivity index is 1.41. The number of hydrogen-bond donors (Lipinski definition) is 1. The molecule has 1 aromatic carbocycles. The smallest absolute Gasteiger partial charge is 0.276 e. The minimum atomic E-state index is -0.573. The number of benzene rings is 1. The summed E-state index contributed by atoms with van der Waals surface area (Å²) >= 11 is 0. The molecule has 2 aliphatic rings. The maximum absolute atomic E-state index is 13.5. The SMILES string of the molecule is CC1CN(Cc2cc(F)cc(F)c2)CC1c1nn2c(C3CCOCC3)ncc2c(=O)[nH]1. The van der Waals surface area contributed by atoms with Crippen LogP contribution < -0.4 is 5.56 Å². The second-order valence-corrected chi connectivity index (χ2v) is 8.70. The molecule has 0 bridgehead atoms. The molecule has 7 nitrogen and oxygen atoms in total. The van der Waals surface area contributed by atoms with Crippen LogP contribution in [-0.4, -0.2) is 50.8 Å². The third-order valence-corrected chi connectivity index (χ3v) is 6.40. The van der Waals surface area contributed by atoms with Crippen LogP contribution in [0.2, 0.25) is 0 Å². The number of ether oxygens (including phenoxy) is 1. The van der Waals surface area contributed by atoms with Gasteiger partial charge in [-0.1, -0.05) is 6.92 Å². The van der Waals surface area contributed by atoms with Gasteiger partial charge in [-0.3, -0.25) is 9.69 Å². The number of likely N-dealkylation sites (tertiary alicyclic amines) is 1. The van der Waals surface area contributed by atoms with Crippen molar-refractivity contribution in [2.45, 2.75) is 38.1 Å². The predicted molar refractivity (Wildman–Crippen MR) is 110 cm³/mol. The second kappa shape index (κ2) is 8.12. The van der Waals surface area contributed by atoms with Crippen LogP contribution >= 0.6 is 0 Å². The van der Waals surface area contributed by atoms with Gasteiger partial charge < -0.3 is 9.72 Å². The molecule has 0 radical (unpaired) electrons. The minimum Gasteiger partial charge on any atom is -0.381 e. The van der Waals surface area contributed by atoms with E-state index in [1.54, 1.807) is 10.7 Å². The van der Waals surface area contributed by atoms with E-state index < -0.39 is 11.6 Å². The molecule has 0 spiro atoms. The van der Waals surface area contributed by atoms with Crippen molar-refractivity contribution in [3.05, 3.63) is 63.6 Å². The Kier molecular flexibility index (Phi) is 5.31. The summed E-state index contributed by atoms with van der Waals surface area (Å²) < 4.78 is 34.2. The first-order chi connectivity index (χ1) is 15.0. The summed E-state index contributed by atoms with van der Waals surface area (Å²) in [6.45, 7) is 5.32. The number of aromatic nitrogens is 4. The lowest BCUT2D eigenvalue weighted by molar-refractivity contribution is 0.0832. The quantitative estimate of drug-likeness (QED) is 0.690. The molecule has 0 amide bonds. The van der Waals surface area contributed by atoms with E-state index in [-0.39, 0.29) is 23.3 Å². The Labute approximate surface area is 178 Å². The molecule has 0 aliphatic carbocycles. The third kappa shape index (κ3) is 3.99. The molecule has 164 valence electrons. The van der Waals surface area contributed by atoms with Gasteiger partial charge in [-0.05, 0) is 36.5 Å². The van der Waals surface area contributed by atoms with Gasteiger partial charge in [0, 0.05) is 50.8 Å². The summed E-state index contributed by atoms with van der Waals surface area (Å²) in [4.78, 5) is 22.3. The van der Waals surface area contributed by atoms with Crippen LogP contribution in [-0.2, 0) is 11.3 Å². The maximum Gasteiger partial charge on any atom is 0.276 e. The summed E-state index contributed by atoms with van der Waals surface area (Å²) in [5, 5.41) is 4.78. The van der Waals surface area contributed by atoms with Crippen LogP contribution in [0.3, 0.4) is 0 Å². The van der Waals surface area contributed by atoms with E-state index in [4.69, 9.17) is 9.84 Å². The monoisotopic (exact) mass is 429 g/mol. The molecule has 2 saturated heterocycles. The molecular formula is C22H25F2N5O2. The topological polar surface area (TPSA) is 75.5 Å². The number of nitrogens with one attached hydrogen (secondary N) is 1. The molecule has 1 N–H and O–H groups in total. The Morgan fingerprint density at radius 3 is 2.65 bits per heavy atom. The standard InChI is InChI=1S/C22H25F2N5O2/c1-13-10-28(11-14-6-16(23)8-17(24)7-14)12-18(13)20-26-22(30)19-9-25-21(29(19)27-20)15-2-4-31-5-3-15/h6-9,13,15,18H,2-5,10-12H2,1H3,(H,26,27,30). The molecule has 5 rings (SSSR count). The van der Waals surface area contributed by atoms with Gasteiger partial charge in [0.05, 0.1) is 6.20 Å². The highest BCUT2D eigenvalue weighted by Gasteiger charge is 2.33. The van der Waals surface area contributed by atoms with Crippen LogP contribution in [0, 0.1) is 17.6 Å². The number of fused-ring (bicyclic) bond motifs is 1. The highest BCUT2D eigenvalue weighted by molar-refractivity contribution is 5.42. The van der Waals surface area contributed by atoms with Crippen molar-refractivity contribution >= 4 is 5.52 Å². The third-order valence-electron chi connectivity index (χ3n) is 6.40.